The first-order valence-electron chi connectivity index (χ1n) is 11.8. The Morgan fingerprint density at radius 3 is 2.35 bits per heavy atom. The molecule has 34 heavy (non-hydrogen) atoms. The van der Waals surface area contributed by atoms with E-state index in [0.717, 1.165) is 32.1 Å². The van der Waals surface area contributed by atoms with Crippen LogP contribution in [0.4, 0.5) is 4.79 Å². The van der Waals surface area contributed by atoms with Crippen molar-refractivity contribution in [3.8, 4) is 12.3 Å². The molecule has 0 aromatic heterocycles. The molecule has 0 radical (unpaired) electrons. The second kappa shape index (κ2) is 12.3. The second-order valence-corrected chi connectivity index (χ2v) is 9.66. The monoisotopic (exact) mass is 467 g/mol. The van der Waals surface area contributed by atoms with Crippen LogP contribution in [-0.4, -0.2) is 47.0 Å². The Morgan fingerprint density at radius 1 is 1.21 bits per heavy atom. The second-order valence-electron chi connectivity index (χ2n) is 9.66. The zero-order chi connectivity index (χ0) is 25.3. The van der Waals surface area contributed by atoms with Crippen molar-refractivity contribution in [1.29, 1.82) is 0 Å². The highest BCUT2D eigenvalue weighted by Crippen LogP contribution is 2.25. The maximum atomic E-state index is 13.5. The quantitative estimate of drug-likeness (QED) is 0.445. The average molecular weight is 468 g/mol. The van der Waals surface area contributed by atoms with Crippen LogP contribution in [0.1, 0.15) is 77.0 Å². The molecule has 184 valence electrons. The topological polar surface area (TPSA) is 87.7 Å². The van der Waals surface area contributed by atoms with E-state index in [2.05, 4.69) is 23.1 Å². The maximum Gasteiger partial charge on any atom is 0.408 e. The van der Waals surface area contributed by atoms with Crippen LogP contribution < -0.4 is 10.6 Å². The molecular formula is C27H37N3O4. The lowest BCUT2D eigenvalue weighted by Gasteiger charge is -2.34. The molecule has 1 aromatic rings. The van der Waals surface area contributed by atoms with Gasteiger partial charge in [-0.3, -0.25) is 9.59 Å². The van der Waals surface area contributed by atoms with Gasteiger partial charge in [-0.05, 0) is 58.2 Å². The van der Waals surface area contributed by atoms with Gasteiger partial charge in [0.15, 0.2) is 0 Å². The number of rotatable bonds is 8. The smallest absolute Gasteiger partial charge is 0.408 e. The van der Waals surface area contributed by atoms with Gasteiger partial charge in [0.25, 0.3) is 0 Å². The molecule has 2 atom stereocenters. The summed E-state index contributed by atoms with van der Waals surface area (Å²) in [5.74, 6) is 1.88. The predicted octanol–water partition coefficient (Wildman–Crippen LogP) is 4.09. The van der Waals surface area contributed by atoms with E-state index in [-0.39, 0.29) is 18.5 Å². The summed E-state index contributed by atoms with van der Waals surface area (Å²) in [6, 6.07) is 5.27. The molecule has 1 aliphatic carbocycles. The third kappa shape index (κ3) is 7.95. The minimum Gasteiger partial charge on any atom is -0.444 e. The molecule has 1 fully saturated rings. The number of nitrogens with zero attached hydrogens (tertiary/aromatic N) is 1. The molecule has 1 aromatic carbocycles. The maximum absolute atomic E-state index is 13.5. The van der Waals surface area contributed by atoms with Gasteiger partial charge in [0.05, 0.1) is 0 Å². The van der Waals surface area contributed by atoms with Crippen molar-refractivity contribution < 1.29 is 19.1 Å². The van der Waals surface area contributed by atoms with Crippen molar-refractivity contribution >= 4 is 17.9 Å². The van der Waals surface area contributed by atoms with Crippen LogP contribution in [0.5, 0.6) is 0 Å². The molecular weight excluding hydrogens is 430 g/mol. The van der Waals surface area contributed by atoms with Crippen LogP contribution in [0.3, 0.4) is 0 Å². The van der Waals surface area contributed by atoms with Crippen molar-refractivity contribution in [2.24, 2.45) is 0 Å². The van der Waals surface area contributed by atoms with E-state index in [1.165, 1.54) is 4.90 Å². The normalized spacial score (nSPS) is 15.9. The summed E-state index contributed by atoms with van der Waals surface area (Å²) in [4.78, 5) is 40.7. The van der Waals surface area contributed by atoms with Gasteiger partial charge in [-0.2, -0.15) is 0 Å². The first kappa shape index (κ1) is 27.0. The standard InChI is InChI=1S/C27H37N3O4/c1-7-18-30(25(32)19(3)28-26(33)34-27(4,5)6)23(21-16-14-20(8-2)15-17-21)24(31)29-22-12-10-9-11-13-22/h2,7,14-17,19,22-23H,1,9-13,18H2,3-6H3,(H,28,33)(H,29,31). The lowest BCUT2D eigenvalue weighted by Crippen LogP contribution is -2.53. The van der Waals surface area contributed by atoms with E-state index in [1.807, 2.05) is 0 Å². The summed E-state index contributed by atoms with van der Waals surface area (Å²) in [6.45, 7) is 10.7. The molecule has 2 N–H and O–H groups in total. The summed E-state index contributed by atoms with van der Waals surface area (Å²) in [5, 5.41) is 5.71. The zero-order valence-corrected chi connectivity index (χ0v) is 20.7. The fourth-order valence-corrected chi connectivity index (χ4v) is 4.02. The molecule has 7 nitrogen and oxygen atoms in total. The molecule has 0 heterocycles. The van der Waals surface area contributed by atoms with Crippen LogP contribution in [-0.2, 0) is 14.3 Å². The van der Waals surface area contributed by atoms with E-state index >= 15 is 0 Å². The highest BCUT2D eigenvalue weighted by molar-refractivity contribution is 5.92. The molecule has 0 spiro atoms. The number of nitrogens with one attached hydrogen (secondary N) is 2. The van der Waals surface area contributed by atoms with Crippen molar-refractivity contribution in [2.75, 3.05) is 6.54 Å². The van der Waals surface area contributed by atoms with E-state index in [0.29, 0.717) is 11.1 Å². The molecule has 0 aliphatic heterocycles. The first-order chi connectivity index (χ1) is 16.1. The zero-order valence-electron chi connectivity index (χ0n) is 20.7. The number of ether oxygens (including phenoxy) is 1. The highest BCUT2D eigenvalue weighted by Gasteiger charge is 2.35. The third-order valence-corrected chi connectivity index (χ3v) is 5.62. The Bertz CT molecular complexity index is 905. The number of hydrogen-bond acceptors (Lipinski definition) is 4. The number of amides is 3. The van der Waals surface area contributed by atoms with Gasteiger partial charge in [0.1, 0.15) is 17.7 Å². The number of terminal acetylenes is 1. The minimum atomic E-state index is -0.912. The van der Waals surface area contributed by atoms with E-state index < -0.39 is 29.7 Å². The molecule has 1 aliphatic rings. The van der Waals surface area contributed by atoms with Crippen LogP contribution in [0.15, 0.2) is 36.9 Å². The number of benzene rings is 1. The fourth-order valence-electron chi connectivity index (χ4n) is 4.02. The first-order valence-corrected chi connectivity index (χ1v) is 11.8. The summed E-state index contributed by atoms with van der Waals surface area (Å²) in [5.41, 5.74) is 0.609. The number of carbonyl (C=O) groups excluding carboxylic acids is 3. The van der Waals surface area contributed by atoms with E-state index in [1.54, 1.807) is 58.0 Å². The largest absolute Gasteiger partial charge is 0.444 e. The molecule has 7 heteroatoms. The number of carbonyl (C=O) groups is 3. The molecule has 2 unspecified atom stereocenters. The van der Waals surface area contributed by atoms with Gasteiger partial charge in [-0.1, -0.05) is 43.4 Å². The third-order valence-electron chi connectivity index (χ3n) is 5.62. The Morgan fingerprint density at radius 2 is 1.82 bits per heavy atom. The van der Waals surface area contributed by atoms with Crippen molar-refractivity contribution in [3.63, 3.8) is 0 Å². The SMILES string of the molecule is C#Cc1ccc(C(C(=O)NC2CCCCC2)N(CC=C)C(=O)C(C)NC(=O)OC(C)(C)C)cc1. The van der Waals surface area contributed by atoms with Crippen LogP contribution in [0, 0.1) is 12.3 Å². The van der Waals surface area contributed by atoms with Gasteiger partial charge >= 0.3 is 6.09 Å². The van der Waals surface area contributed by atoms with Crippen LogP contribution in [0.2, 0.25) is 0 Å². The Balaban J connectivity index is 2.32. The Labute approximate surface area is 203 Å². The average Bonchev–Trinajstić information content (AvgIpc) is 2.78. The van der Waals surface area contributed by atoms with E-state index in [9.17, 15) is 14.4 Å². The molecule has 0 saturated heterocycles. The van der Waals surface area contributed by atoms with Crippen molar-refractivity contribution in [1.82, 2.24) is 15.5 Å². The molecule has 0 bridgehead atoms. The number of alkyl carbamates (subject to hydrolysis) is 1. The lowest BCUT2D eigenvalue weighted by molar-refractivity contribution is -0.141. The van der Waals surface area contributed by atoms with Crippen LogP contribution in [0.25, 0.3) is 0 Å². The van der Waals surface area contributed by atoms with E-state index in [4.69, 9.17) is 11.2 Å². The minimum absolute atomic E-state index is 0.0757. The Kier molecular flexibility index (Phi) is 9.73. The van der Waals surface area contributed by atoms with Gasteiger partial charge in [0.2, 0.25) is 11.8 Å². The van der Waals surface area contributed by atoms with Crippen molar-refractivity contribution in [2.45, 2.75) is 83.5 Å². The summed E-state index contributed by atoms with van der Waals surface area (Å²) in [7, 11) is 0. The lowest BCUT2D eigenvalue weighted by atomic mass is 9.94. The van der Waals surface area contributed by atoms with Gasteiger partial charge in [-0.15, -0.1) is 13.0 Å². The molecule has 2 rings (SSSR count). The summed E-state index contributed by atoms with van der Waals surface area (Å²) >= 11 is 0. The molecule has 3 amide bonds. The molecule has 1 saturated carbocycles. The van der Waals surface area contributed by atoms with Gasteiger partial charge in [-0.25, -0.2) is 4.79 Å². The Hall–Kier alpha value is -3.27. The number of hydrogen-bond donors (Lipinski definition) is 2. The fraction of sp³-hybridized carbons (Fsp3) is 0.519. The van der Waals surface area contributed by atoms with Gasteiger partial charge < -0.3 is 20.3 Å². The highest BCUT2D eigenvalue weighted by atomic mass is 16.6. The summed E-state index contributed by atoms with van der Waals surface area (Å²) in [6.07, 6.45) is 11.5. The van der Waals surface area contributed by atoms with Gasteiger partial charge in [0, 0.05) is 18.2 Å². The predicted molar refractivity (Wildman–Crippen MR) is 133 cm³/mol. The van der Waals surface area contributed by atoms with Crippen LogP contribution >= 0.6 is 0 Å². The van der Waals surface area contributed by atoms with Crippen molar-refractivity contribution in [3.05, 3.63) is 48.0 Å². The summed E-state index contributed by atoms with van der Waals surface area (Å²) < 4.78 is 5.28.